The molecule has 0 atom stereocenters. The van der Waals surface area contributed by atoms with E-state index in [9.17, 15) is 8.78 Å². The van der Waals surface area contributed by atoms with Crippen LogP contribution in [0.4, 0.5) is 20.2 Å². The van der Waals surface area contributed by atoms with Crippen LogP contribution in [-0.2, 0) is 0 Å². The number of anilines is 2. The molecule has 0 unspecified atom stereocenters. The predicted octanol–water partition coefficient (Wildman–Crippen LogP) is 2.28. The Kier molecular flexibility index (Phi) is 1.77. The van der Waals surface area contributed by atoms with E-state index in [1.54, 1.807) is 0 Å². The highest BCUT2D eigenvalue weighted by atomic mass is 19.1. The molecule has 2 nitrogen and oxygen atoms in total. The topological polar surface area (TPSA) is 52.0 Å². The van der Waals surface area contributed by atoms with Crippen molar-refractivity contribution in [3.8, 4) is 0 Å². The Labute approximate surface area is 79.1 Å². The van der Waals surface area contributed by atoms with Gasteiger partial charge in [0.1, 0.15) is 11.6 Å². The summed E-state index contributed by atoms with van der Waals surface area (Å²) in [7, 11) is 0. The molecule has 2 rings (SSSR count). The molecule has 0 amide bonds. The molecular formula is C10H8F2N2. The van der Waals surface area contributed by atoms with Crippen molar-refractivity contribution >= 4 is 22.1 Å². The summed E-state index contributed by atoms with van der Waals surface area (Å²) in [5.41, 5.74) is 11.5. The Hall–Kier alpha value is -1.84. The highest BCUT2D eigenvalue weighted by Crippen LogP contribution is 2.27. The van der Waals surface area contributed by atoms with Crippen molar-refractivity contribution < 1.29 is 8.78 Å². The molecule has 72 valence electrons. The summed E-state index contributed by atoms with van der Waals surface area (Å²) in [4.78, 5) is 0. The summed E-state index contributed by atoms with van der Waals surface area (Å²) in [6.45, 7) is 0. The number of halogens is 2. The zero-order chi connectivity index (χ0) is 10.3. The molecule has 0 spiro atoms. The summed E-state index contributed by atoms with van der Waals surface area (Å²) in [6.07, 6.45) is 0. The second-order valence-electron chi connectivity index (χ2n) is 3.06. The van der Waals surface area contributed by atoms with Gasteiger partial charge in [-0.1, -0.05) is 0 Å². The van der Waals surface area contributed by atoms with Crippen molar-refractivity contribution in [1.29, 1.82) is 0 Å². The monoisotopic (exact) mass is 194 g/mol. The van der Waals surface area contributed by atoms with Crippen LogP contribution in [-0.4, -0.2) is 0 Å². The Bertz CT molecular complexity index is 462. The highest BCUT2D eigenvalue weighted by Gasteiger charge is 2.07. The summed E-state index contributed by atoms with van der Waals surface area (Å²) in [6, 6.07) is 4.80. The molecule has 2 aromatic carbocycles. The second kappa shape index (κ2) is 2.83. The molecule has 0 aliphatic heterocycles. The van der Waals surface area contributed by atoms with Gasteiger partial charge in [0.2, 0.25) is 0 Å². The smallest absolute Gasteiger partial charge is 0.131 e. The molecule has 0 saturated carbocycles. The standard InChI is InChI=1S/C10H8F2N2/c11-7-1-2-8(12)6-4-10(14)9(13)3-5(6)7/h1-4H,13-14H2. The van der Waals surface area contributed by atoms with Gasteiger partial charge in [-0.25, -0.2) is 8.78 Å². The number of nitrogen functional groups attached to an aromatic ring is 2. The van der Waals surface area contributed by atoms with E-state index in [4.69, 9.17) is 11.5 Å². The minimum atomic E-state index is -0.506. The van der Waals surface area contributed by atoms with E-state index in [2.05, 4.69) is 0 Å². The van der Waals surface area contributed by atoms with Gasteiger partial charge in [-0.15, -0.1) is 0 Å². The van der Waals surface area contributed by atoms with Crippen molar-refractivity contribution in [3.63, 3.8) is 0 Å². The first-order valence-electron chi connectivity index (χ1n) is 4.02. The van der Waals surface area contributed by atoms with Gasteiger partial charge in [0.15, 0.2) is 0 Å². The van der Waals surface area contributed by atoms with E-state index in [1.807, 2.05) is 0 Å². The van der Waals surface area contributed by atoms with Gasteiger partial charge < -0.3 is 11.5 Å². The van der Waals surface area contributed by atoms with Gasteiger partial charge in [0.25, 0.3) is 0 Å². The summed E-state index contributed by atoms with van der Waals surface area (Å²) >= 11 is 0. The maximum absolute atomic E-state index is 13.2. The van der Waals surface area contributed by atoms with E-state index in [0.717, 1.165) is 12.1 Å². The fourth-order valence-corrected chi connectivity index (χ4v) is 1.35. The maximum Gasteiger partial charge on any atom is 0.131 e. The number of hydrogen-bond acceptors (Lipinski definition) is 2. The average Bonchev–Trinajstić information content (AvgIpc) is 2.15. The van der Waals surface area contributed by atoms with E-state index >= 15 is 0 Å². The van der Waals surface area contributed by atoms with Crippen LogP contribution >= 0.6 is 0 Å². The SMILES string of the molecule is Nc1cc2c(F)ccc(F)c2cc1N. The number of rotatable bonds is 0. The normalized spacial score (nSPS) is 10.7. The van der Waals surface area contributed by atoms with Crippen molar-refractivity contribution in [1.82, 2.24) is 0 Å². The van der Waals surface area contributed by atoms with Crippen LogP contribution in [0.15, 0.2) is 24.3 Å². The van der Waals surface area contributed by atoms with Crippen LogP contribution in [0.25, 0.3) is 10.8 Å². The van der Waals surface area contributed by atoms with Crippen molar-refractivity contribution in [2.45, 2.75) is 0 Å². The largest absolute Gasteiger partial charge is 0.397 e. The minimum Gasteiger partial charge on any atom is -0.397 e. The fraction of sp³-hybridized carbons (Fsp3) is 0. The molecular weight excluding hydrogens is 186 g/mol. The van der Waals surface area contributed by atoms with Gasteiger partial charge in [0, 0.05) is 10.8 Å². The lowest BCUT2D eigenvalue weighted by Crippen LogP contribution is -1.96. The van der Waals surface area contributed by atoms with Crippen LogP contribution in [0.1, 0.15) is 0 Å². The summed E-state index contributed by atoms with van der Waals surface area (Å²) in [5, 5.41) is 0.299. The number of nitrogens with two attached hydrogens (primary N) is 2. The quantitative estimate of drug-likeness (QED) is 0.632. The van der Waals surface area contributed by atoms with Gasteiger partial charge in [-0.2, -0.15) is 0 Å². The molecule has 0 aliphatic rings. The van der Waals surface area contributed by atoms with E-state index in [0.29, 0.717) is 0 Å². The Morgan fingerprint density at radius 2 is 1.14 bits per heavy atom. The Morgan fingerprint density at radius 1 is 0.786 bits per heavy atom. The number of hydrogen-bond donors (Lipinski definition) is 2. The lowest BCUT2D eigenvalue weighted by atomic mass is 10.1. The van der Waals surface area contributed by atoms with Gasteiger partial charge >= 0.3 is 0 Å². The lowest BCUT2D eigenvalue weighted by Gasteiger charge is -2.05. The Morgan fingerprint density at radius 3 is 1.50 bits per heavy atom. The third kappa shape index (κ3) is 1.16. The lowest BCUT2D eigenvalue weighted by molar-refractivity contribution is 0.618. The van der Waals surface area contributed by atoms with Crippen molar-refractivity contribution in [3.05, 3.63) is 35.9 Å². The van der Waals surface area contributed by atoms with E-state index in [-0.39, 0.29) is 22.1 Å². The van der Waals surface area contributed by atoms with Crippen LogP contribution < -0.4 is 11.5 Å². The van der Waals surface area contributed by atoms with Gasteiger partial charge in [-0.3, -0.25) is 0 Å². The predicted molar refractivity (Wildman–Crippen MR) is 52.7 cm³/mol. The molecule has 4 N–H and O–H groups in total. The Balaban J connectivity index is 2.94. The average molecular weight is 194 g/mol. The third-order valence-electron chi connectivity index (χ3n) is 2.11. The van der Waals surface area contributed by atoms with Gasteiger partial charge in [-0.05, 0) is 24.3 Å². The van der Waals surface area contributed by atoms with E-state index in [1.165, 1.54) is 12.1 Å². The zero-order valence-electron chi connectivity index (χ0n) is 7.22. The summed E-state index contributed by atoms with van der Waals surface area (Å²) in [5.74, 6) is -1.01. The molecule has 14 heavy (non-hydrogen) atoms. The molecule has 0 fully saturated rings. The summed E-state index contributed by atoms with van der Waals surface area (Å²) < 4.78 is 26.4. The molecule has 0 heterocycles. The molecule has 0 bridgehead atoms. The maximum atomic E-state index is 13.2. The van der Waals surface area contributed by atoms with Crippen LogP contribution in [0.3, 0.4) is 0 Å². The number of benzene rings is 2. The zero-order valence-corrected chi connectivity index (χ0v) is 7.22. The molecule has 0 aromatic heterocycles. The molecule has 0 aliphatic carbocycles. The third-order valence-corrected chi connectivity index (χ3v) is 2.11. The minimum absolute atomic E-state index is 0.150. The first-order valence-corrected chi connectivity index (χ1v) is 4.02. The fourth-order valence-electron chi connectivity index (χ4n) is 1.35. The van der Waals surface area contributed by atoms with Crippen molar-refractivity contribution in [2.24, 2.45) is 0 Å². The second-order valence-corrected chi connectivity index (χ2v) is 3.06. The number of fused-ring (bicyclic) bond motifs is 1. The molecule has 4 heteroatoms. The van der Waals surface area contributed by atoms with E-state index < -0.39 is 11.6 Å². The first-order chi connectivity index (χ1) is 6.59. The van der Waals surface area contributed by atoms with Crippen LogP contribution in [0, 0.1) is 11.6 Å². The van der Waals surface area contributed by atoms with Gasteiger partial charge in [0.05, 0.1) is 11.4 Å². The van der Waals surface area contributed by atoms with Crippen LogP contribution in [0.2, 0.25) is 0 Å². The first kappa shape index (κ1) is 8.74. The molecule has 2 aromatic rings. The van der Waals surface area contributed by atoms with Crippen molar-refractivity contribution in [2.75, 3.05) is 11.5 Å². The molecule has 0 saturated heterocycles. The van der Waals surface area contributed by atoms with Crippen LogP contribution in [0.5, 0.6) is 0 Å². The molecule has 0 radical (unpaired) electrons. The highest BCUT2D eigenvalue weighted by molar-refractivity contribution is 5.91.